The summed E-state index contributed by atoms with van der Waals surface area (Å²) >= 11 is 0. The van der Waals surface area contributed by atoms with Crippen molar-refractivity contribution in [2.75, 3.05) is 13.1 Å². The molecule has 0 amide bonds. The van der Waals surface area contributed by atoms with Gasteiger partial charge < -0.3 is 5.32 Å². The van der Waals surface area contributed by atoms with Gasteiger partial charge in [-0.3, -0.25) is 0 Å². The van der Waals surface area contributed by atoms with Crippen LogP contribution in [0, 0.1) is 11.8 Å². The van der Waals surface area contributed by atoms with Crippen molar-refractivity contribution in [1.29, 1.82) is 0 Å². The zero-order valence-corrected chi connectivity index (χ0v) is 8.53. The quantitative estimate of drug-likeness (QED) is 0.700. The van der Waals surface area contributed by atoms with Crippen molar-refractivity contribution >= 4 is 0 Å². The van der Waals surface area contributed by atoms with Crippen molar-refractivity contribution in [1.82, 2.24) is 5.32 Å². The molecule has 1 rings (SSSR count). The van der Waals surface area contributed by atoms with Gasteiger partial charge in [0.2, 0.25) is 0 Å². The molecule has 1 aliphatic heterocycles. The summed E-state index contributed by atoms with van der Waals surface area (Å²) in [5.41, 5.74) is 0. The first kappa shape index (κ1) is 11.8. The lowest BCUT2D eigenvalue weighted by atomic mass is 9.90. The van der Waals surface area contributed by atoms with E-state index < -0.39 is 12.6 Å². The van der Waals surface area contributed by atoms with Gasteiger partial charge >= 0.3 is 6.18 Å². The molecule has 2 unspecified atom stereocenters. The van der Waals surface area contributed by atoms with Gasteiger partial charge in [-0.25, -0.2) is 0 Å². The molecule has 0 saturated carbocycles. The van der Waals surface area contributed by atoms with E-state index in [9.17, 15) is 13.2 Å². The summed E-state index contributed by atoms with van der Waals surface area (Å²) in [7, 11) is 0. The van der Waals surface area contributed by atoms with E-state index in [2.05, 4.69) is 12.2 Å². The molecular formula is C10H18F3N. The number of rotatable bonds is 1. The van der Waals surface area contributed by atoms with E-state index in [0.29, 0.717) is 12.3 Å². The Morgan fingerprint density at radius 1 is 1.21 bits per heavy atom. The predicted octanol–water partition coefficient (Wildman–Crippen LogP) is 2.96. The second-order valence-electron chi connectivity index (χ2n) is 4.36. The van der Waals surface area contributed by atoms with E-state index in [1.54, 1.807) is 0 Å². The Balaban J connectivity index is 2.36. The Kier molecular flexibility index (Phi) is 4.23. The SMILES string of the molecule is CC1CCC(CC(F)(F)F)CCNC1. The van der Waals surface area contributed by atoms with E-state index in [-0.39, 0.29) is 5.92 Å². The Morgan fingerprint density at radius 2 is 1.93 bits per heavy atom. The molecular weight excluding hydrogens is 191 g/mol. The van der Waals surface area contributed by atoms with E-state index >= 15 is 0 Å². The van der Waals surface area contributed by atoms with Gasteiger partial charge in [-0.05, 0) is 44.2 Å². The molecule has 14 heavy (non-hydrogen) atoms. The van der Waals surface area contributed by atoms with Crippen LogP contribution < -0.4 is 5.32 Å². The lowest BCUT2D eigenvalue weighted by molar-refractivity contribution is -0.145. The van der Waals surface area contributed by atoms with Gasteiger partial charge in [-0.2, -0.15) is 13.2 Å². The summed E-state index contributed by atoms with van der Waals surface area (Å²) in [6.07, 6.45) is -2.31. The molecule has 0 aromatic rings. The number of nitrogens with one attached hydrogen (secondary N) is 1. The van der Waals surface area contributed by atoms with Gasteiger partial charge in [0.05, 0.1) is 0 Å². The molecule has 0 spiro atoms. The fourth-order valence-corrected chi connectivity index (χ4v) is 1.95. The van der Waals surface area contributed by atoms with Crippen molar-refractivity contribution in [2.24, 2.45) is 11.8 Å². The highest BCUT2D eigenvalue weighted by molar-refractivity contribution is 4.71. The van der Waals surface area contributed by atoms with Crippen molar-refractivity contribution in [2.45, 2.75) is 38.8 Å². The molecule has 0 radical (unpaired) electrons. The third kappa shape index (κ3) is 4.84. The summed E-state index contributed by atoms with van der Waals surface area (Å²) in [6.45, 7) is 3.76. The lowest BCUT2D eigenvalue weighted by Crippen LogP contribution is -2.29. The standard InChI is InChI=1S/C10H18F3N/c1-8-2-3-9(4-5-14-7-8)6-10(11,12)13/h8-9,14H,2-7H2,1H3. The van der Waals surface area contributed by atoms with E-state index in [1.807, 2.05) is 0 Å². The number of alkyl halides is 3. The van der Waals surface area contributed by atoms with Gasteiger partial charge in [-0.15, -0.1) is 0 Å². The zero-order chi connectivity index (χ0) is 10.6. The van der Waals surface area contributed by atoms with E-state index in [4.69, 9.17) is 0 Å². The van der Waals surface area contributed by atoms with Crippen LogP contribution in [0.3, 0.4) is 0 Å². The molecule has 1 heterocycles. The highest BCUT2D eigenvalue weighted by atomic mass is 19.4. The molecule has 1 aliphatic rings. The molecule has 4 heteroatoms. The van der Waals surface area contributed by atoms with Crippen molar-refractivity contribution in [3.63, 3.8) is 0 Å². The molecule has 0 aliphatic carbocycles. The van der Waals surface area contributed by atoms with Crippen LogP contribution in [-0.4, -0.2) is 19.3 Å². The predicted molar refractivity (Wildman–Crippen MR) is 50.0 cm³/mol. The van der Waals surface area contributed by atoms with E-state index in [0.717, 1.165) is 25.9 Å². The second-order valence-corrected chi connectivity index (χ2v) is 4.36. The number of hydrogen-bond acceptors (Lipinski definition) is 1. The van der Waals surface area contributed by atoms with Crippen LogP contribution >= 0.6 is 0 Å². The molecule has 1 nitrogen and oxygen atoms in total. The first-order valence-electron chi connectivity index (χ1n) is 5.25. The minimum atomic E-state index is -3.99. The molecule has 1 saturated heterocycles. The number of hydrogen-bond donors (Lipinski definition) is 1. The normalized spacial score (nSPS) is 30.9. The Bertz CT molecular complexity index is 167. The average Bonchev–Trinajstić information content (AvgIpc) is 2.02. The summed E-state index contributed by atoms with van der Waals surface area (Å²) in [4.78, 5) is 0. The molecule has 1 N–H and O–H groups in total. The van der Waals surface area contributed by atoms with Crippen LogP contribution in [-0.2, 0) is 0 Å². The topological polar surface area (TPSA) is 12.0 Å². The Labute approximate surface area is 83.1 Å². The van der Waals surface area contributed by atoms with Crippen LogP contribution in [0.2, 0.25) is 0 Å². The Morgan fingerprint density at radius 3 is 2.57 bits per heavy atom. The van der Waals surface area contributed by atoms with Gasteiger partial charge in [0.25, 0.3) is 0 Å². The first-order chi connectivity index (χ1) is 6.47. The summed E-state index contributed by atoms with van der Waals surface area (Å²) in [5, 5.41) is 3.19. The largest absolute Gasteiger partial charge is 0.389 e. The Hall–Kier alpha value is -0.250. The summed E-state index contributed by atoms with van der Waals surface area (Å²) in [5.74, 6) is 0.330. The van der Waals surface area contributed by atoms with Crippen LogP contribution in [0.1, 0.15) is 32.6 Å². The molecule has 0 bridgehead atoms. The molecule has 2 atom stereocenters. The van der Waals surface area contributed by atoms with E-state index in [1.165, 1.54) is 0 Å². The molecule has 0 aromatic carbocycles. The van der Waals surface area contributed by atoms with Crippen LogP contribution in [0.4, 0.5) is 13.2 Å². The summed E-state index contributed by atoms with van der Waals surface area (Å²) in [6, 6.07) is 0. The highest BCUT2D eigenvalue weighted by Gasteiger charge is 2.31. The minimum Gasteiger partial charge on any atom is -0.316 e. The highest BCUT2D eigenvalue weighted by Crippen LogP contribution is 2.30. The first-order valence-corrected chi connectivity index (χ1v) is 5.25. The smallest absolute Gasteiger partial charge is 0.316 e. The monoisotopic (exact) mass is 209 g/mol. The average molecular weight is 209 g/mol. The maximum Gasteiger partial charge on any atom is 0.389 e. The molecule has 84 valence electrons. The van der Waals surface area contributed by atoms with Crippen molar-refractivity contribution < 1.29 is 13.2 Å². The number of halogens is 3. The third-order valence-corrected chi connectivity index (χ3v) is 2.81. The maximum absolute atomic E-state index is 12.2. The van der Waals surface area contributed by atoms with Crippen molar-refractivity contribution in [3.05, 3.63) is 0 Å². The lowest BCUT2D eigenvalue weighted by Gasteiger charge is -2.24. The van der Waals surface area contributed by atoms with Gasteiger partial charge in [0.1, 0.15) is 0 Å². The van der Waals surface area contributed by atoms with Crippen LogP contribution in [0.15, 0.2) is 0 Å². The van der Waals surface area contributed by atoms with Crippen LogP contribution in [0.25, 0.3) is 0 Å². The van der Waals surface area contributed by atoms with Crippen LogP contribution in [0.5, 0.6) is 0 Å². The van der Waals surface area contributed by atoms with Crippen molar-refractivity contribution in [3.8, 4) is 0 Å². The summed E-state index contributed by atoms with van der Waals surface area (Å²) < 4.78 is 36.5. The third-order valence-electron chi connectivity index (χ3n) is 2.81. The zero-order valence-electron chi connectivity index (χ0n) is 8.53. The van der Waals surface area contributed by atoms with Gasteiger partial charge in [0.15, 0.2) is 0 Å². The van der Waals surface area contributed by atoms with Gasteiger partial charge in [0, 0.05) is 6.42 Å². The fourth-order valence-electron chi connectivity index (χ4n) is 1.95. The maximum atomic E-state index is 12.2. The molecule has 0 aromatic heterocycles. The second kappa shape index (κ2) is 5.01. The fraction of sp³-hybridized carbons (Fsp3) is 1.00. The van der Waals surface area contributed by atoms with Gasteiger partial charge in [-0.1, -0.05) is 6.92 Å². The molecule has 1 fully saturated rings. The minimum absolute atomic E-state index is 0.176.